The minimum atomic E-state index is -0.786. The van der Waals surface area contributed by atoms with E-state index in [4.69, 9.17) is 0 Å². The van der Waals surface area contributed by atoms with Crippen molar-refractivity contribution in [3.63, 3.8) is 0 Å². The standard InChI is InChI=1S/C21H20FN5O2/c1-2-12(21(28)29)6-10-18-23-20(27-25-18)14-5-9-17-16(11-14)19(26-24-17)13-3-7-15(22)8-4-13/h3-5,7-9,11-12H,2,6,10H2,1H3,(H,24,26)(H,28,29)(H,23,25,27). The van der Waals surface area contributed by atoms with Crippen molar-refractivity contribution in [2.45, 2.75) is 26.2 Å². The van der Waals surface area contributed by atoms with Crippen LogP contribution >= 0.6 is 0 Å². The SMILES string of the molecule is CCC(CCc1nc(-c2ccc3[nH]nc(-c4ccc(F)cc4)c3c2)n[nH]1)C(=O)O. The van der Waals surface area contributed by atoms with Gasteiger partial charge >= 0.3 is 5.97 Å². The number of hydrogen-bond acceptors (Lipinski definition) is 4. The van der Waals surface area contributed by atoms with Crippen molar-refractivity contribution in [3.05, 3.63) is 54.1 Å². The quantitative estimate of drug-likeness (QED) is 0.436. The number of aromatic amines is 2. The molecular formula is C21H20FN5O2. The van der Waals surface area contributed by atoms with E-state index in [1.807, 2.05) is 25.1 Å². The van der Waals surface area contributed by atoms with Crippen molar-refractivity contribution >= 4 is 16.9 Å². The molecule has 0 aliphatic rings. The predicted molar refractivity (Wildman–Crippen MR) is 107 cm³/mol. The fourth-order valence-electron chi connectivity index (χ4n) is 3.33. The molecule has 0 spiro atoms. The van der Waals surface area contributed by atoms with Crippen LogP contribution in [0.1, 0.15) is 25.6 Å². The zero-order valence-corrected chi connectivity index (χ0v) is 15.8. The van der Waals surface area contributed by atoms with E-state index < -0.39 is 5.97 Å². The Morgan fingerprint density at radius 2 is 1.86 bits per heavy atom. The van der Waals surface area contributed by atoms with Gasteiger partial charge in [-0.15, -0.1) is 0 Å². The van der Waals surface area contributed by atoms with Crippen molar-refractivity contribution < 1.29 is 14.3 Å². The Balaban J connectivity index is 1.60. The molecule has 0 bridgehead atoms. The summed E-state index contributed by atoms with van der Waals surface area (Å²) < 4.78 is 13.2. The number of benzene rings is 2. The molecule has 0 radical (unpaired) electrons. The Hall–Kier alpha value is -3.55. The van der Waals surface area contributed by atoms with E-state index in [9.17, 15) is 14.3 Å². The number of aryl methyl sites for hydroxylation is 1. The Labute approximate surface area is 166 Å². The Kier molecular flexibility index (Phi) is 5.07. The molecule has 0 amide bonds. The van der Waals surface area contributed by atoms with Gasteiger partial charge in [-0.1, -0.05) is 6.92 Å². The van der Waals surface area contributed by atoms with E-state index in [1.54, 1.807) is 12.1 Å². The average molecular weight is 393 g/mol. The fourth-order valence-corrected chi connectivity index (χ4v) is 3.33. The highest BCUT2D eigenvalue weighted by molar-refractivity contribution is 5.95. The molecule has 1 unspecified atom stereocenters. The van der Waals surface area contributed by atoms with Crippen LogP contribution in [-0.4, -0.2) is 36.5 Å². The van der Waals surface area contributed by atoms with Crippen molar-refractivity contribution in [2.24, 2.45) is 5.92 Å². The van der Waals surface area contributed by atoms with Crippen molar-refractivity contribution in [3.8, 4) is 22.6 Å². The second kappa shape index (κ2) is 7.83. The van der Waals surface area contributed by atoms with E-state index in [2.05, 4.69) is 25.4 Å². The highest BCUT2D eigenvalue weighted by atomic mass is 19.1. The lowest BCUT2D eigenvalue weighted by molar-refractivity contribution is -0.142. The lowest BCUT2D eigenvalue weighted by atomic mass is 10.0. The number of rotatable bonds is 7. The second-order valence-electron chi connectivity index (χ2n) is 6.93. The molecule has 0 saturated heterocycles. The van der Waals surface area contributed by atoms with Gasteiger partial charge < -0.3 is 5.11 Å². The minimum absolute atomic E-state index is 0.296. The van der Waals surface area contributed by atoms with Crippen molar-refractivity contribution in [2.75, 3.05) is 0 Å². The molecule has 7 nitrogen and oxygen atoms in total. The first kappa shape index (κ1) is 18.8. The van der Waals surface area contributed by atoms with Gasteiger partial charge in [-0.05, 0) is 55.3 Å². The number of H-pyrrole nitrogens is 2. The van der Waals surface area contributed by atoms with Gasteiger partial charge in [-0.25, -0.2) is 9.37 Å². The largest absolute Gasteiger partial charge is 0.481 e. The van der Waals surface area contributed by atoms with Crippen molar-refractivity contribution in [1.29, 1.82) is 0 Å². The van der Waals surface area contributed by atoms with Crippen LogP contribution in [-0.2, 0) is 11.2 Å². The van der Waals surface area contributed by atoms with Gasteiger partial charge in [-0.2, -0.15) is 10.2 Å². The topological polar surface area (TPSA) is 108 Å². The maximum atomic E-state index is 13.2. The molecule has 4 rings (SSSR count). The lowest BCUT2D eigenvalue weighted by Gasteiger charge is -2.06. The van der Waals surface area contributed by atoms with Gasteiger partial charge in [0, 0.05) is 22.9 Å². The molecule has 2 aromatic heterocycles. The zero-order valence-electron chi connectivity index (χ0n) is 15.8. The number of nitrogens with zero attached hydrogens (tertiary/aromatic N) is 3. The third-order valence-corrected chi connectivity index (χ3v) is 5.04. The first-order valence-electron chi connectivity index (χ1n) is 9.43. The number of halogens is 1. The summed E-state index contributed by atoms with van der Waals surface area (Å²) in [6.07, 6.45) is 1.61. The highest BCUT2D eigenvalue weighted by Crippen LogP contribution is 2.29. The molecule has 8 heteroatoms. The smallest absolute Gasteiger partial charge is 0.306 e. The van der Waals surface area contributed by atoms with E-state index >= 15 is 0 Å². The number of hydrogen-bond donors (Lipinski definition) is 3. The third-order valence-electron chi connectivity index (χ3n) is 5.04. The molecule has 2 aromatic carbocycles. The molecule has 0 saturated carbocycles. The molecule has 29 heavy (non-hydrogen) atoms. The summed E-state index contributed by atoms with van der Waals surface area (Å²) in [6, 6.07) is 11.9. The van der Waals surface area contributed by atoms with Crippen LogP contribution in [0.25, 0.3) is 33.5 Å². The summed E-state index contributed by atoms with van der Waals surface area (Å²) in [6.45, 7) is 1.86. The number of aromatic nitrogens is 5. The normalized spacial score (nSPS) is 12.3. The summed E-state index contributed by atoms with van der Waals surface area (Å²) in [4.78, 5) is 15.7. The maximum Gasteiger partial charge on any atom is 0.306 e. The van der Waals surface area contributed by atoms with Crippen LogP contribution in [0.3, 0.4) is 0 Å². The Morgan fingerprint density at radius 3 is 2.59 bits per heavy atom. The van der Waals surface area contributed by atoms with E-state index in [0.717, 1.165) is 27.7 Å². The van der Waals surface area contributed by atoms with Gasteiger partial charge in [0.05, 0.1) is 17.1 Å². The number of aliphatic carboxylic acids is 1. The Bertz CT molecular complexity index is 1150. The third kappa shape index (κ3) is 3.87. The second-order valence-corrected chi connectivity index (χ2v) is 6.93. The summed E-state index contributed by atoms with van der Waals surface area (Å²) in [5, 5.41) is 24.6. The summed E-state index contributed by atoms with van der Waals surface area (Å²) in [7, 11) is 0. The van der Waals surface area contributed by atoms with Crippen LogP contribution in [0.4, 0.5) is 4.39 Å². The highest BCUT2D eigenvalue weighted by Gasteiger charge is 2.16. The first-order chi connectivity index (χ1) is 14.0. The molecule has 0 fully saturated rings. The molecule has 4 aromatic rings. The predicted octanol–water partition coefficient (Wildman–Crippen LogP) is 4.20. The van der Waals surface area contributed by atoms with Gasteiger partial charge in [0.2, 0.25) is 0 Å². The van der Waals surface area contributed by atoms with Gasteiger partial charge in [0.15, 0.2) is 5.82 Å². The maximum absolute atomic E-state index is 13.2. The number of fused-ring (bicyclic) bond motifs is 1. The number of carboxylic acid groups (broad SMARTS) is 1. The van der Waals surface area contributed by atoms with E-state index in [1.165, 1.54) is 12.1 Å². The van der Waals surface area contributed by atoms with Crippen LogP contribution in [0.15, 0.2) is 42.5 Å². The van der Waals surface area contributed by atoms with Crippen LogP contribution in [0.2, 0.25) is 0 Å². The van der Waals surface area contributed by atoms with Gasteiger partial charge in [-0.3, -0.25) is 15.0 Å². The molecule has 148 valence electrons. The van der Waals surface area contributed by atoms with E-state index in [-0.39, 0.29) is 11.7 Å². The first-order valence-corrected chi connectivity index (χ1v) is 9.43. The summed E-state index contributed by atoms with van der Waals surface area (Å²) in [5.74, 6) is -0.270. The molecule has 0 aliphatic carbocycles. The minimum Gasteiger partial charge on any atom is -0.481 e. The molecule has 2 heterocycles. The van der Waals surface area contributed by atoms with Gasteiger partial charge in [0.25, 0.3) is 0 Å². The molecular weight excluding hydrogens is 373 g/mol. The van der Waals surface area contributed by atoms with E-state index in [0.29, 0.717) is 30.9 Å². The lowest BCUT2D eigenvalue weighted by Crippen LogP contribution is -2.13. The van der Waals surface area contributed by atoms with Crippen LogP contribution < -0.4 is 0 Å². The van der Waals surface area contributed by atoms with Crippen LogP contribution in [0.5, 0.6) is 0 Å². The van der Waals surface area contributed by atoms with Gasteiger partial charge in [0.1, 0.15) is 11.6 Å². The molecule has 1 atom stereocenters. The monoisotopic (exact) mass is 393 g/mol. The summed E-state index contributed by atoms with van der Waals surface area (Å²) in [5.41, 5.74) is 3.21. The van der Waals surface area contributed by atoms with Crippen LogP contribution in [0, 0.1) is 11.7 Å². The average Bonchev–Trinajstić information content (AvgIpc) is 3.35. The number of carbonyl (C=O) groups is 1. The fraction of sp³-hybridized carbons (Fsp3) is 0.238. The van der Waals surface area contributed by atoms with Crippen molar-refractivity contribution in [1.82, 2.24) is 25.4 Å². The number of nitrogens with one attached hydrogen (secondary N) is 2. The molecule has 3 N–H and O–H groups in total. The number of carboxylic acids is 1. The molecule has 0 aliphatic heterocycles. The zero-order chi connectivity index (χ0) is 20.4. The Morgan fingerprint density at radius 1 is 1.10 bits per heavy atom. The summed E-state index contributed by atoms with van der Waals surface area (Å²) >= 11 is 0.